The number of nitrogens with zero attached hydrogens (tertiary/aromatic N) is 2. The second-order valence-electron chi connectivity index (χ2n) is 6.47. The van der Waals surface area contributed by atoms with E-state index in [1.54, 1.807) is 5.38 Å². The fourth-order valence-corrected chi connectivity index (χ4v) is 4.48. The van der Waals surface area contributed by atoms with Crippen LogP contribution in [-0.2, 0) is 17.2 Å². The molecule has 172 valence electrons. The predicted octanol–water partition coefficient (Wildman–Crippen LogP) is 5.85. The Bertz CT molecular complexity index is 1330. The van der Waals surface area contributed by atoms with Crippen LogP contribution in [0.25, 0.3) is 11.1 Å². The minimum atomic E-state index is -4.62. The monoisotopic (exact) mass is 517 g/mol. The highest BCUT2D eigenvalue weighted by Gasteiger charge is 2.32. The molecule has 7 nitrogen and oxygen atoms in total. The van der Waals surface area contributed by atoms with E-state index in [9.17, 15) is 21.8 Å². The fourth-order valence-electron chi connectivity index (χ4n) is 2.78. The number of aromatic nitrogens is 3. The quantitative estimate of drug-likeness (QED) is 0.278. The minimum Gasteiger partial charge on any atom is -0.455 e. The number of hydrogen-bond acceptors (Lipinski definition) is 6. The summed E-state index contributed by atoms with van der Waals surface area (Å²) in [6.45, 7) is 0. The van der Waals surface area contributed by atoms with Gasteiger partial charge in [0.2, 0.25) is 0 Å². The van der Waals surface area contributed by atoms with Gasteiger partial charge in [-0.25, -0.2) is 13.6 Å². The van der Waals surface area contributed by atoms with E-state index in [0.717, 1.165) is 30.3 Å². The Labute approximate surface area is 195 Å². The van der Waals surface area contributed by atoms with Gasteiger partial charge in [-0.15, -0.1) is 11.3 Å². The number of aromatic amines is 1. The van der Waals surface area contributed by atoms with Gasteiger partial charge in [0.25, 0.3) is 0 Å². The van der Waals surface area contributed by atoms with Gasteiger partial charge in [0.1, 0.15) is 29.0 Å². The van der Waals surface area contributed by atoms with E-state index in [2.05, 4.69) is 19.9 Å². The van der Waals surface area contributed by atoms with Crippen molar-refractivity contribution in [2.24, 2.45) is 0 Å². The van der Waals surface area contributed by atoms with Gasteiger partial charge in [0.15, 0.2) is 11.0 Å². The maximum Gasteiger partial charge on any atom is 0.416 e. The first-order valence-electron chi connectivity index (χ1n) is 8.87. The topological polar surface area (TPSA) is 106 Å². The molecule has 2 aromatic heterocycles. The zero-order chi connectivity index (χ0) is 23.8. The molecule has 4 aromatic rings. The molecule has 4 rings (SSSR count). The van der Waals surface area contributed by atoms with Crippen LogP contribution in [0.1, 0.15) is 5.56 Å². The van der Waals surface area contributed by atoms with Crippen LogP contribution in [0.5, 0.6) is 11.5 Å². The smallest absolute Gasteiger partial charge is 0.416 e. The number of rotatable bonds is 6. The molecule has 2 aromatic carbocycles. The normalized spacial score (nSPS) is 12.5. The van der Waals surface area contributed by atoms with Crippen molar-refractivity contribution in [3.63, 3.8) is 0 Å². The zero-order valence-electron chi connectivity index (χ0n) is 16.1. The third-order valence-corrected chi connectivity index (χ3v) is 6.29. The highest BCUT2D eigenvalue weighted by molar-refractivity contribution is 7.86. The molecule has 2 heterocycles. The molecule has 1 unspecified atom stereocenters. The summed E-state index contributed by atoms with van der Waals surface area (Å²) in [5.74, 6) is -0.887. The Balaban J connectivity index is 1.69. The summed E-state index contributed by atoms with van der Waals surface area (Å²) >= 11 is 7.46. The zero-order valence-corrected chi connectivity index (χ0v) is 18.5. The Morgan fingerprint density at radius 1 is 1.18 bits per heavy atom. The highest BCUT2D eigenvalue weighted by atomic mass is 35.5. The average Bonchev–Trinajstić information content (AvgIpc) is 3.41. The number of nitrogens with two attached hydrogens (primary N) is 1. The molecule has 14 heteroatoms. The number of hydrogen-bond donors (Lipinski definition) is 3. The maximum absolute atomic E-state index is 14.7. The van der Waals surface area contributed by atoms with E-state index in [1.165, 1.54) is 23.0 Å². The molecule has 0 saturated carbocycles. The van der Waals surface area contributed by atoms with Gasteiger partial charge < -0.3 is 10.5 Å². The van der Waals surface area contributed by atoms with Gasteiger partial charge in [-0.1, -0.05) is 11.6 Å². The molecule has 1 atom stereocenters. The van der Waals surface area contributed by atoms with Gasteiger partial charge in [-0.3, -0.25) is 9.82 Å². The molecule has 0 spiro atoms. The molecule has 0 radical (unpaired) electrons. The second kappa shape index (κ2) is 9.00. The van der Waals surface area contributed by atoms with Crippen LogP contribution in [-0.4, -0.2) is 19.4 Å². The standard InChI is InChI=1S/C19H12ClF4N5O2S2/c20-12-4-16(33(30)29-17-7-32-8-26-17)13(21)5-15(12)31-14-2-1-9(19(22,23)24)3-10(14)11-6-27-28-18(11)25/h1-8,29H,(H3,25,27,28). The molecule has 4 N–H and O–H groups in total. The number of benzene rings is 2. The molecule has 0 aliphatic heterocycles. The lowest BCUT2D eigenvalue weighted by molar-refractivity contribution is -0.137. The third-order valence-electron chi connectivity index (χ3n) is 4.30. The number of ether oxygens (including phenoxy) is 1. The Morgan fingerprint density at radius 2 is 1.97 bits per heavy atom. The Morgan fingerprint density at radius 3 is 2.61 bits per heavy atom. The van der Waals surface area contributed by atoms with E-state index in [-0.39, 0.29) is 38.4 Å². The van der Waals surface area contributed by atoms with Crippen molar-refractivity contribution in [2.45, 2.75) is 11.1 Å². The van der Waals surface area contributed by atoms with Gasteiger partial charge >= 0.3 is 6.18 Å². The summed E-state index contributed by atoms with van der Waals surface area (Å²) < 4.78 is 75.0. The van der Waals surface area contributed by atoms with Crippen LogP contribution < -0.4 is 15.2 Å². The molecular formula is C19H12ClF4N5O2S2. The maximum atomic E-state index is 14.7. The van der Waals surface area contributed by atoms with Crippen LogP contribution in [0.3, 0.4) is 0 Å². The first kappa shape index (κ1) is 23.0. The summed E-state index contributed by atoms with van der Waals surface area (Å²) in [4.78, 5) is 3.65. The molecule has 0 saturated heterocycles. The number of alkyl halides is 3. The number of anilines is 2. The van der Waals surface area contributed by atoms with Crippen molar-refractivity contribution in [3.05, 3.63) is 63.8 Å². The number of thiazole rings is 1. The number of H-pyrrole nitrogens is 1. The summed E-state index contributed by atoms with van der Waals surface area (Å²) in [7, 11) is -2.01. The van der Waals surface area contributed by atoms with E-state index in [4.69, 9.17) is 22.1 Å². The van der Waals surface area contributed by atoms with Gasteiger partial charge in [0, 0.05) is 22.6 Å². The summed E-state index contributed by atoms with van der Waals surface area (Å²) in [6, 6.07) is 4.69. The van der Waals surface area contributed by atoms with Crippen LogP contribution in [0.2, 0.25) is 5.02 Å². The molecule has 0 fully saturated rings. The van der Waals surface area contributed by atoms with E-state index < -0.39 is 28.5 Å². The Kier molecular flexibility index (Phi) is 6.28. The fraction of sp³-hybridized carbons (Fsp3) is 0.0526. The van der Waals surface area contributed by atoms with Gasteiger partial charge in [-0.05, 0) is 24.3 Å². The SMILES string of the molecule is Nc1[nH]ncc1-c1cc(C(F)(F)F)ccc1Oc1cc(F)c(S(=O)Nc2cscn2)cc1Cl. The largest absolute Gasteiger partial charge is 0.455 e. The van der Waals surface area contributed by atoms with Crippen molar-refractivity contribution in [1.29, 1.82) is 0 Å². The summed E-state index contributed by atoms with van der Waals surface area (Å²) in [5.41, 5.74) is 6.45. The molecule has 0 aliphatic rings. The number of halogens is 5. The third kappa shape index (κ3) is 4.94. The van der Waals surface area contributed by atoms with Crippen molar-refractivity contribution >= 4 is 45.6 Å². The lowest BCUT2D eigenvalue weighted by atomic mass is 10.0. The van der Waals surface area contributed by atoms with Crippen molar-refractivity contribution < 1.29 is 26.5 Å². The lowest BCUT2D eigenvalue weighted by Crippen LogP contribution is -2.07. The molecule has 0 aliphatic carbocycles. The van der Waals surface area contributed by atoms with Crippen molar-refractivity contribution in [3.8, 4) is 22.6 Å². The predicted molar refractivity (Wildman–Crippen MR) is 117 cm³/mol. The van der Waals surface area contributed by atoms with Crippen molar-refractivity contribution in [2.75, 3.05) is 10.5 Å². The summed E-state index contributed by atoms with van der Waals surface area (Å²) in [5, 5.41) is 7.61. The van der Waals surface area contributed by atoms with Crippen LogP contribution >= 0.6 is 22.9 Å². The average molecular weight is 518 g/mol. The minimum absolute atomic E-state index is 0.00955. The van der Waals surface area contributed by atoms with E-state index in [1.807, 2.05) is 0 Å². The second-order valence-corrected chi connectivity index (χ2v) is 8.77. The molecule has 33 heavy (non-hydrogen) atoms. The molecular weight excluding hydrogens is 506 g/mol. The number of nitrogens with one attached hydrogen (secondary N) is 2. The molecule has 0 amide bonds. The van der Waals surface area contributed by atoms with Gasteiger partial charge in [0.05, 0.1) is 27.2 Å². The summed E-state index contributed by atoms with van der Waals surface area (Å²) in [6.07, 6.45) is -3.39. The van der Waals surface area contributed by atoms with E-state index >= 15 is 0 Å². The highest BCUT2D eigenvalue weighted by Crippen LogP contribution is 2.42. The van der Waals surface area contributed by atoms with Crippen LogP contribution in [0, 0.1) is 5.82 Å². The lowest BCUT2D eigenvalue weighted by Gasteiger charge is -2.15. The Hall–Kier alpha value is -3.16. The molecule has 0 bridgehead atoms. The van der Waals surface area contributed by atoms with Crippen LogP contribution in [0.4, 0.5) is 29.2 Å². The first-order chi connectivity index (χ1) is 15.6. The van der Waals surface area contributed by atoms with E-state index in [0.29, 0.717) is 5.82 Å². The van der Waals surface area contributed by atoms with Gasteiger partial charge in [-0.2, -0.15) is 18.3 Å². The van der Waals surface area contributed by atoms with Crippen LogP contribution in [0.15, 0.2) is 52.3 Å². The number of nitrogen functional groups attached to an aromatic ring is 1. The first-order valence-corrected chi connectivity index (χ1v) is 11.3. The van der Waals surface area contributed by atoms with Crippen molar-refractivity contribution in [1.82, 2.24) is 15.2 Å².